The fourth-order valence-corrected chi connectivity index (χ4v) is 5.83. The smallest absolute Gasteiger partial charge is 0.249 e. The Bertz CT molecular complexity index is 784. The van der Waals surface area contributed by atoms with Gasteiger partial charge in [-0.15, -0.1) is 0 Å². The number of nitrogens with zero attached hydrogens (tertiary/aromatic N) is 2. The van der Waals surface area contributed by atoms with E-state index in [1.165, 1.54) is 36.2 Å². The lowest BCUT2D eigenvalue weighted by Crippen LogP contribution is -2.45. The summed E-state index contributed by atoms with van der Waals surface area (Å²) in [6.07, 6.45) is 8.54. The van der Waals surface area contributed by atoms with Crippen LogP contribution in [0.1, 0.15) is 56.1 Å². The number of likely N-dealkylation sites (tertiary alicyclic amines) is 1. The van der Waals surface area contributed by atoms with E-state index in [1.807, 2.05) is 0 Å². The fourth-order valence-electron chi connectivity index (χ4n) is 5.83. The Morgan fingerprint density at radius 2 is 2.03 bits per heavy atom. The zero-order valence-electron chi connectivity index (χ0n) is 18.9. The molecule has 4 aliphatic heterocycles. The molecule has 1 aromatic rings. The summed E-state index contributed by atoms with van der Waals surface area (Å²) in [5, 5.41) is 3.06. The number of ether oxygens (including phenoxy) is 2. The van der Waals surface area contributed by atoms with Gasteiger partial charge in [-0.05, 0) is 68.6 Å². The predicted octanol–water partition coefficient (Wildman–Crippen LogP) is 2.88. The molecule has 0 saturated carbocycles. The van der Waals surface area contributed by atoms with Crippen molar-refractivity contribution in [1.82, 2.24) is 10.2 Å². The number of hydrogen-bond acceptors (Lipinski definition) is 5. The Hall–Kier alpha value is -1.63. The molecule has 2 atom stereocenters. The molecule has 3 fully saturated rings. The lowest BCUT2D eigenvalue weighted by Gasteiger charge is -2.39. The average Bonchev–Trinajstić information content (AvgIpc) is 3.45. The van der Waals surface area contributed by atoms with Crippen molar-refractivity contribution in [1.29, 1.82) is 0 Å². The molecule has 170 valence electrons. The molecular formula is C25H37N3O3. The number of hydrogen-bond donors (Lipinski definition) is 1. The van der Waals surface area contributed by atoms with E-state index < -0.39 is 0 Å². The van der Waals surface area contributed by atoms with Crippen molar-refractivity contribution in [2.24, 2.45) is 0 Å². The summed E-state index contributed by atoms with van der Waals surface area (Å²) in [4.78, 5) is 17.2. The molecule has 0 radical (unpaired) electrons. The Morgan fingerprint density at radius 3 is 2.84 bits per heavy atom. The molecule has 0 aliphatic carbocycles. The molecule has 0 bridgehead atoms. The first-order valence-electron chi connectivity index (χ1n) is 12.2. The molecule has 4 aliphatic rings. The molecule has 5 rings (SSSR count). The van der Waals surface area contributed by atoms with Gasteiger partial charge in [0, 0.05) is 52.1 Å². The zero-order valence-corrected chi connectivity index (χ0v) is 18.9. The van der Waals surface area contributed by atoms with Crippen LogP contribution in [-0.2, 0) is 27.2 Å². The van der Waals surface area contributed by atoms with Gasteiger partial charge in [-0.3, -0.25) is 9.69 Å². The van der Waals surface area contributed by atoms with Crippen LogP contribution in [-0.4, -0.2) is 68.4 Å². The van der Waals surface area contributed by atoms with E-state index in [0.29, 0.717) is 13.2 Å². The highest BCUT2D eigenvalue weighted by atomic mass is 16.5. The summed E-state index contributed by atoms with van der Waals surface area (Å²) in [7, 11) is 2.20. The van der Waals surface area contributed by atoms with Crippen LogP contribution in [0.4, 0.5) is 5.69 Å². The minimum Gasteiger partial charge on any atom is -0.374 e. The van der Waals surface area contributed by atoms with Crippen molar-refractivity contribution in [3.05, 3.63) is 29.3 Å². The van der Waals surface area contributed by atoms with Gasteiger partial charge in [0.15, 0.2) is 0 Å². The summed E-state index contributed by atoms with van der Waals surface area (Å²) in [5.41, 5.74) is 4.37. The highest BCUT2D eigenvalue weighted by molar-refractivity contribution is 5.80. The molecular weight excluding hydrogens is 390 g/mol. The lowest BCUT2D eigenvalue weighted by atomic mass is 9.88. The van der Waals surface area contributed by atoms with Gasteiger partial charge in [-0.25, -0.2) is 0 Å². The molecule has 31 heavy (non-hydrogen) atoms. The second kappa shape index (κ2) is 9.08. The summed E-state index contributed by atoms with van der Waals surface area (Å²) >= 11 is 0. The van der Waals surface area contributed by atoms with E-state index in [1.54, 1.807) is 0 Å². The number of piperidine rings is 1. The highest BCUT2D eigenvalue weighted by Gasteiger charge is 2.42. The number of benzene rings is 1. The van der Waals surface area contributed by atoms with E-state index >= 15 is 0 Å². The molecule has 1 aromatic carbocycles. The first-order chi connectivity index (χ1) is 15.1. The highest BCUT2D eigenvalue weighted by Crippen LogP contribution is 2.39. The number of rotatable bonds is 5. The topological polar surface area (TPSA) is 54.0 Å². The number of amides is 1. The fraction of sp³-hybridized carbons (Fsp3) is 0.720. The quantitative estimate of drug-likeness (QED) is 0.783. The second-order valence-corrected chi connectivity index (χ2v) is 9.97. The monoisotopic (exact) mass is 427 g/mol. The van der Waals surface area contributed by atoms with Gasteiger partial charge >= 0.3 is 0 Å². The van der Waals surface area contributed by atoms with E-state index in [9.17, 15) is 4.79 Å². The maximum absolute atomic E-state index is 12.2. The van der Waals surface area contributed by atoms with Gasteiger partial charge in [-0.2, -0.15) is 0 Å². The second-order valence-electron chi connectivity index (χ2n) is 9.97. The number of nitrogens with one attached hydrogen (secondary N) is 1. The molecule has 1 N–H and O–H groups in total. The van der Waals surface area contributed by atoms with Crippen LogP contribution in [0.5, 0.6) is 0 Å². The molecule has 4 heterocycles. The Kier molecular flexibility index (Phi) is 6.22. The summed E-state index contributed by atoms with van der Waals surface area (Å²) in [6, 6.07) is 7.04. The summed E-state index contributed by atoms with van der Waals surface area (Å²) in [6.45, 7) is 5.71. The minimum absolute atomic E-state index is 0.0221. The first kappa shape index (κ1) is 21.2. The van der Waals surface area contributed by atoms with Gasteiger partial charge in [0.1, 0.15) is 6.10 Å². The molecule has 2 unspecified atom stereocenters. The van der Waals surface area contributed by atoms with E-state index in [2.05, 4.69) is 40.4 Å². The summed E-state index contributed by atoms with van der Waals surface area (Å²) in [5.74, 6) is 0.0353. The van der Waals surface area contributed by atoms with Crippen LogP contribution in [0.2, 0.25) is 0 Å². The average molecular weight is 428 g/mol. The zero-order chi connectivity index (χ0) is 21.3. The lowest BCUT2D eigenvalue weighted by molar-refractivity contribution is -0.131. The van der Waals surface area contributed by atoms with Crippen molar-refractivity contribution in [3.63, 3.8) is 0 Å². The van der Waals surface area contributed by atoms with Gasteiger partial charge in [0.05, 0.1) is 11.7 Å². The third kappa shape index (κ3) is 4.76. The van der Waals surface area contributed by atoms with E-state index in [-0.39, 0.29) is 23.7 Å². The Labute approximate surface area is 186 Å². The van der Waals surface area contributed by atoms with Crippen LogP contribution in [0.15, 0.2) is 18.2 Å². The molecule has 0 aromatic heterocycles. The van der Waals surface area contributed by atoms with E-state index in [0.717, 1.165) is 58.2 Å². The standard InChI is InChI=1S/C25H37N3O3/c1-27-12-2-4-20-16-19(6-7-22(20)27)18-28-13-10-25(11-14-28)9-8-21(31-25)17-26-24(29)23-5-3-15-30-23/h6-7,16,21,23H,2-5,8-15,17-18H2,1H3,(H,26,29). The third-order valence-electron chi connectivity index (χ3n) is 7.73. The van der Waals surface area contributed by atoms with Crippen LogP contribution >= 0.6 is 0 Å². The molecule has 1 spiro atoms. The van der Waals surface area contributed by atoms with Crippen LogP contribution in [0.3, 0.4) is 0 Å². The van der Waals surface area contributed by atoms with Crippen molar-refractivity contribution in [3.8, 4) is 0 Å². The van der Waals surface area contributed by atoms with Gasteiger partial charge in [0.25, 0.3) is 0 Å². The van der Waals surface area contributed by atoms with Crippen molar-refractivity contribution >= 4 is 11.6 Å². The Balaban J connectivity index is 1.08. The minimum atomic E-state index is -0.248. The first-order valence-corrected chi connectivity index (χ1v) is 12.2. The maximum atomic E-state index is 12.2. The van der Waals surface area contributed by atoms with E-state index in [4.69, 9.17) is 9.47 Å². The number of anilines is 1. The normalized spacial score (nSPS) is 28.1. The van der Waals surface area contributed by atoms with Gasteiger partial charge in [0.2, 0.25) is 5.91 Å². The van der Waals surface area contributed by atoms with Crippen LogP contribution in [0, 0.1) is 0 Å². The predicted molar refractivity (Wildman–Crippen MR) is 121 cm³/mol. The number of carbonyl (C=O) groups is 1. The van der Waals surface area contributed by atoms with Gasteiger partial charge < -0.3 is 19.7 Å². The van der Waals surface area contributed by atoms with Crippen LogP contribution < -0.4 is 10.2 Å². The SMILES string of the molecule is CN1CCCc2cc(CN3CCC4(CCC(CNC(=O)C5CCCO5)O4)CC3)ccc21. The van der Waals surface area contributed by atoms with Crippen LogP contribution in [0.25, 0.3) is 0 Å². The maximum Gasteiger partial charge on any atom is 0.249 e. The summed E-state index contributed by atoms with van der Waals surface area (Å²) < 4.78 is 12.0. The molecule has 6 heteroatoms. The molecule has 1 amide bonds. The third-order valence-corrected chi connectivity index (χ3v) is 7.73. The number of carbonyl (C=O) groups excluding carboxylic acids is 1. The largest absolute Gasteiger partial charge is 0.374 e. The Morgan fingerprint density at radius 1 is 1.16 bits per heavy atom. The van der Waals surface area contributed by atoms with Crippen molar-refractivity contribution in [2.45, 2.75) is 75.7 Å². The van der Waals surface area contributed by atoms with Crippen molar-refractivity contribution in [2.75, 3.05) is 44.7 Å². The van der Waals surface area contributed by atoms with Gasteiger partial charge in [-0.1, -0.05) is 12.1 Å². The molecule has 6 nitrogen and oxygen atoms in total. The number of fused-ring (bicyclic) bond motifs is 1. The molecule has 3 saturated heterocycles. The number of aryl methyl sites for hydroxylation is 1. The van der Waals surface area contributed by atoms with Crippen molar-refractivity contribution < 1.29 is 14.3 Å².